The molecule has 0 radical (unpaired) electrons. The number of aliphatic hydroxyl groups excluding tert-OH is 2. The van der Waals surface area contributed by atoms with Crippen molar-refractivity contribution in [1.82, 2.24) is 24.7 Å². The lowest BCUT2D eigenvalue weighted by Gasteiger charge is -2.42. The molecule has 2 fully saturated rings. The predicted octanol–water partition coefficient (Wildman–Crippen LogP) is 5.67. The Morgan fingerprint density at radius 2 is 1.93 bits per heavy atom. The minimum atomic E-state index is -1.09. The number of nitrogens with zero attached hydrogens (tertiary/aromatic N) is 5. The fourth-order valence-electron chi connectivity index (χ4n) is 6.32. The van der Waals surface area contributed by atoms with E-state index in [9.17, 15) is 15.5 Å². The second-order valence-electron chi connectivity index (χ2n) is 11.8. The molecular weight excluding hydrogens is 591 g/mol. The second-order valence-corrected chi connectivity index (χ2v) is 13.8. The first-order chi connectivity index (χ1) is 20.3. The highest BCUT2D eigenvalue weighted by Crippen LogP contribution is 2.41. The highest BCUT2D eigenvalue weighted by molar-refractivity contribution is 7.19. The Hall–Kier alpha value is -2.68. The number of thiophene rings is 1. The van der Waals surface area contributed by atoms with Crippen LogP contribution < -0.4 is 5.32 Å². The largest absolute Gasteiger partial charge is 0.373 e. The van der Waals surface area contributed by atoms with Crippen molar-refractivity contribution in [2.24, 2.45) is 11.3 Å². The van der Waals surface area contributed by atoms with Crippen LogP contribution in [0.5, 0.6) is 0 Å². The molecule has 1 saturated heterocycles. The Morgan fingerprint density at radius 3 is 2.69 bits per heavy atom. The fraction of sp³-hybridized carbons (Fsp3) is 0.419. The maximum atomic E-state index is 11.1. The molecule has 3 aromatic heterocycles. The maximum Gasteiger partial charge on any atom is 0.188 e. The van der Waals surface area contributed by atoms with Crippen molar-refractivity contribution in [2.45, 2.75) is 51.4 Å². The van der Waals surface area contributed by atoms with Crippen LogP contribution in [0.25, 0.3) is 32.2 Å². The number of fused-ring (bicyclic) bond motifs is 2. The molecule has 2 atom stereocenters. The Labute approximate surface area is 258 Å². The summed E-state index contributed by atoms with van der Waals surface area (Å²) >= 11 is 14.6. The predicted molar refractivity (Wildman–Crippen MR) is 167 cm³/mol. The Balaban J connectivity index is 1.26. The zero-order valence-electron chi connectivity index (χ0n) is 23.0. The molecule has 4 aromatic rings. The molecule has 8 nitrogen and oxygen atoms in total. The molecule has 11 heteroatoms. The van der Waals surface area contributed by atoms with Gasteiger partial charge in [0.2, 0.25) is 0 Å². The molecule has 2 aliphatic heterocycles. The first-order valence-corrected chi connectivity index (χ1v) is 15.9. The van der Waals surface area contributed by atoms with Crippen LogP contribution in [0.15, 0.2) is 54.0 Å². The van der Waals surface area contributed by atoms with Crippen LogP contribution in [0.1, 0.15) is 30.6 Å². The quantitative estimate of drug-likeness (QED) is 0.244. The molecule has 3 N–H and O–H groups in total. The van der Waals surface area contributed by atoms with Gasteiger partial charge in [-0.3, -0.25) is 4.98 Å². The highest BCUT2D eigenvalue weighted by Gasteiger charge is 2.37. The van der Waals surface area contributed by atoms with E-state index in [4.69, 9.17) is 23.2 Å². The third-order valence-corrected chi connectivity index (χ3v) is 10.5. The number of aliphatic hydroxyl groups is 2. The molecule has 7 rings (SSSR count). The SMILES string of the molecule is N#CC1(Cn2ccc3cc(Cl)cc(-c4ccnc5cc(CN6C(O)C(Cl)=CN(CC7CC7)C6O)sc45)c32)CCNCC1. The lowest BCUT2D eigenvalue weighted by molar-refractivity contribution is -0.162. The molecule has 1 saturated carbocycles. The van der Waals surface area contributed by atoms with Gasteiger partial charge in [-0.15, -0.1) is 11.3 Å². The highest BCUT2D eigenvalue weighted by atomic mass is 35.5. The summed E-state index contributed by atoms with van der Waals surface area (Å²) in [5, 5.41) is 37.5. The summed E-state index contributed by atoms with van der Waals surface area (Å²) in [6.07, 6.45) is 7.39. The van der Waals surface area contributed by atoms with Crippen molar-refractivity contribution < 1.29 is 10.2 Å². The van der Waals surface area contributed by atoms with Crippen LogP contribution in [-0.4, -0.2) is 61.8 Å². The van der Waals surface area contributed by atoms with Gasteiger partial charge in [0, 0.05) is 64.6 Å². The summed E-state index contributed by atoms with van der Waals surface area (Å²) in [6.45, 7) is 3.33. The van der Waals surface area contributed by atoms with E-state index in [0.717, 1.165) is 75.9 Å². The van der Waals surface area contributed by atoms with Gasteiger partial charge in [-0.05, 0) is 75.0 Å². The monoisotopic (exact) mass is 622 g/mol. The Kier molecular flexibility index (Phi) is 7.43. The van der Waals surface area contributed by atoms with E-state index in [0.29, 0.717) is 35.6 Å². The van der Waals surface area contributed by atoms with Crippen LogP contribution in [0.4, 0.5) is 0 Å². The Bertz CT molecular complexity index is 1720. The first-order valence-electron chi connectivity index (χ1n) is 14.4. The van der Waals surface area contributed by atoms with Gasteiger partial charge in [-0.1, -0.05) is 23.2 Å². The Morgan fingerprint density at radius 1 is 1.12 bits per heavy atom. The van der Waals surface area contributed by atoms with Crippen molar-refractivity contribution in [3.63, 3.8) is 0 Å². The van der Waals surface area contributed by atoms with Crippen molar-refractivity contribution in [2.75, 3.05) is 19.6 Å². The zero-order valence-corrected chi connectivity index (χ0v) is 25.3. The lowest BCUT2D eigenvalue weighted by Crippen LogP contribution is -2.54. The van der Waals surface area contributed by atoms with Crippen molar-refractivity contribution >= 4 is 55.7 Å². The standard InChI is InChI=1S/C31H32Cl2N6O2S/c32-21-11-20-4-10-37(18-31(17-34)5-8-35-9-6-31)27(20)24(12-21)23-3-7-36-26-13-22(42-28(23)26)15-39-29(40)25(33)16-38(30(39)41)14-19-1-2-19/h3-4,7,10-13,16,19,29-30,35,40-41H,1-2,5-6,8-9,14-15,18H2. The number of hydrogen-bond donors (Lipinski definition) is 3. The lowest BCUT2D eigenvalue weighted by atomic mass is 9.80. The van der Waals surface area contributed by atoms with Gasteiger partial charge in [0.1, 0.15) is 6.23 Å². The van der Waals surface area contributed by atoms with Crippen LogP contribution in [-0.2, 0) is 13.1 Å². The van der Waals surface area contributed by atoms with Crippen LogP contribution in [0.3, 0.4) is 0 Å². The average molecular weight is 624 g/mol. The number of piperidine rings is 1. The van der Waals surface area contributed by atoms with E-state index < -0.39 is 18.0 Å². The summed E-state index contributed by atoms with van der Waals surface area (Å²) in [5.74, 6) is 0.555. The molecule has 42 heavy (non-hydrogen) atoms. The molecule has 1 aliphatic carbocycles. The molecule has 1 aromatic carbocycles. The molecule has 0 amide bonds. The van der Waals surface area contributed by atoms with E-state index in [-0.39, 0.29) is 0 Å². The van der Waals surface area contributed by atoms with E-state index in [2.05, 4.69) is 33.2 Å². The van der Waals surface area contributed by atoms with Gasteiger partial charge in [-0.2, -0.15) is 5.26 Å². The summed E-state index contributed by atoms with van der Waals surface area (Å²) in [5.41, 5.74) is 3.46. The third kappa shape index (κ3) is 5.20. The molecule has 2 unspecified atom stereocenters. The summed E-state index contributed by atoms with van der Waals surface area (Å²) in [7, 11) is 0. The van der Waals surface area contributed by atoms with Gasteiger partial charge in [0.25, 0.3) is 0 Å². The number of benzene rings is 1. The minimum absolute atomic E-state index is 0.298. The number of rotatable bonds is 7. The molecular formula is C31H32Cl2N6O2S. The van der Waals surface area contributed by atoms with Gasteiger partial charge in [0.15, 0.2) is 6.35 Å². The number of halogens is 2. The summed E-state index contributed by atoms with van der Waals surface area (Å²) < 4.78 is 3.21. The minimum Gasteiger partial charge on any atom is -0.373 e. The molecule has 218 valence electrons. The molecule has 0 spiro atoms. The number of aromatic nitrogens is 2. The molecule has 3 aliphatic rings. The van der Waals surface area contributed by atoms with Crippen molar-refractivity contribution in [1.29, 1.82) is 5.26 Å². The number of nitriles is 1. The van der Waals surface area contributed by atoms with Gasteiger partial charge in [-0.25, -0.2) is 4.90 Å². The number of hydrogen-bond acceptors (Lipinski definition) is 8. The molecule has 0 bridgehead atoms. The van der Waals surface area contributed by atoms with E-state index in [1.165, 1.54) is 0 Å². The van der Waals surface area contributed by atoms with Crippen molar-refractivity contribution in [3.05, 3.63) is 63.9 Å². The van der Waals surface area contributed by atoms with E-state index in [1.54, 1.807) is 28.6 Å². The topological polar surface area (TPSA) is 101 Å². The van der Waals surface area contributed by atoms with Crippen LogP contribution in [0.2, 0.25) is 5.02 Å². The first kappa shape index (κ1) is 28.1. The summed E-state index contributed by atoms with van der Waals surface area (Å²) in [6, 6.07) is 12.7. The van der Waals surface area contributed by atoms with Gasteiger partial charge in [0.05, 0.1) is 32.2 Å². The van der Waals surface area contributed by atoms with Crippen molar-refractivity contribution in [3.8, 4) is 17.2 Å². The summed E-state index contributed by atoms with van der Waals surface area (Å²) in [4.78, 5) is 9.03. The molecule has 5 heterocycles. The number of nitrogens with one attached hydrogen (secondary N) is 1. The van der Waals surface area contributed by atoms with Gasteiger partial charge < -0.3 is 25.0 Å². The van der Waals surface area contributed by atoms with Gasteiger partial charge >= 0.3 is 0 Å². The van der Waals surface area contributed by atoms with Crippen LogP contribution >= 0.6 is 34.5 Å². The van der Waals surface area contributed by atoms with E-state index >= 15 is 0 Å². The third-order valence-electron chi connectivity index (χ3n) is 8.80. The smallest absolute Gasteiger partial charge is 0.188 e. The normalized spacial score (nSPS) is 22.9. The average Bonchev–Trinajstić information content (AvgIpc) is 3.57. The van der Waals surface area contributed by atoms with E-state index in [1.807, 2.05) is 29.2 Å². The maximum absolute atomic E-state index is 11.1. The second kappa shape index (κ2) is 11.1. The van der Waals surface area contributed by atoms with Crippen LogP contribution in [0, 0.1) is 22.7 Å². The zero-order chi connectivity index (χ0) is 29.0. The fourth-order valence-corrected chi connectivity index (χ4v) is 7.95. The number of pyridine rings is 1.